The van der Waals surface area contributed by atoms with E-state index in [1.165, 1.54) is 48.5 Å². The first-order valence-electron chi connectivity index (χ1n) is 10.8. The maximum absolute atomic E-state index is 13.8. The Kier molecular flexibility index (Phi) is 7.56. The van der Waals surface area contributed by atoms with Gasteiger partial charge in [0, 0.05) is 15.6 Å². The van der Waals surface area contributed by atoms with Gasteiger partial charge in [-0.15, -0.1) is 0 Å². The quantitative estimate of drug-likeness (QED) is 0.332. The van der Waals surface area contributed by atoms with Crippen molar-refractivity contribution in [3.05, 3.63) is 93.2 Å². The van der Waals surface area contributed by atoms with Crippen LogP contribution >= 0.6 is 23.2 Å². The third-order valence-electron chi connectivity index (χ3n) is 5.36. The molecule has 0 saturated carbocycles. The van der Waals surface area contributed by atoms with E-state index in [1.807, 2.05) is 0 Å². The fourth-order valence-electron chi connectivity index (χ4n) is 3.53. The first kappa shape index (κ1) is 25.9. The number of halogens is 3. The third kappa shape index (κ3) is 5.63. The Balaban J connectivity index is 1.61. The number of hydrogen-bond acceptors (Lipinski definition) is 5. The molecule has 3 aromatic rings. The van der Waals surface area contributed by atoms with E-state index in [9.17, 15) is 23.6 Å². The summed E-state index contributed by atoms with van der Waals surface area (Å²) in [6.45, 7) is 1.13. The molecule has 0 radical (unpaired) electrons. The summed E-state index contributed by atoms with van der Waals surface area (Å²) in [5.74, 6) is -2.94. The van der Waals surface area contributed by atoms with Crippen molar-refractivity contribution in [2.45, 2.75) is 6.92 Å². The van der Waals surface area contributed by atoms with Crippen molar-refractivity contribution in [1.82, 2.24) is 5.32 Å². The molecule has 4 rings (SSSR count). The Labute approximate surface area is 220 Å². The van der Waals surface area contributed by atoms with Crippen LogP contribution in [0.2, 0.25) is 10.0 Å². The lowest BCUT2D eigenvalue weighted by Gasteiger charge is -2.27. The van der Waals surface area contributed by atoms with Crippen LogP contribution in [0.5, 0.6) is 5.75 Å². The number of para-hydroxylation sites is 1. The van der Waals surface area contributed by atoms with Crippen LogP contribution in [0.15, 0.2) is 66.2 Å². The van der Waals surface area contributed by atoms with Crippen LogP contribution < -0.4 is 20.3 Å². The third-order valence-corrected chi connectivity index (χ3v) is 6.00. The Bertz CT molecular complexity index is 1470. The summed E-state index contributed by atoms with van der Waals surface area (Å²) < 4.78 is 19.4. The van der Waals surface area contributed by atoms with Gasteiger partial charge in [0.1, 0.15) is 17.1 Å². The smallest absolute Gasteiger partial charge is 0.335 e. The number of nitrogens with zero attached hydrogens (tertiary/aromatic N) is 1. The van der Waals surface area contributed by atoms with Crippen molar-refractivity contribution in [1.29, 1.82) is 0 Å². The summed E-state index contributed by atoms with van der Waals surface area (Å²) in [5.41, 5.74) is 0.485. The Morgan fingerprint density at radius 3 is 2.59 bits per heavy atom. The van der Waals surface area contributed by atoms with Gasteiger partial charge < -0.3 is 10.1 Å². The van der Waals surface area contributed by atoms with Gasteiger partial charge in [0.05, 0.1) is 11.4 Å². The molecule has 1 heterocycles. The summed E-state index contributed by atoms with van der Waals surface area (Å²) in [6.07, 6.45) is 1.20. The van der Waals surface area contributed by atoms with Crippen molar-refractivity contribution in [3.8, 4) is 5.75 Å². The SMILES string of the molecule is Cc1c(Cl)cccc1N1C(=O)NC(=O)/C(=C/c2cc(Cl)ccc2OCC(=O)Nc2ccccc2F)C1=O. The molecule has 8 nitrogen and oxygen atoms in total. The Morgan fingerprint density at radius 2 is 1.84 bits per heavy atom. The normalized spacial score (nSPS) is 14.5. The molecule has 0 aliphatic carbocycles. The molecular weight excluding hydrogens is 524 g/mol. The number of barbiturate groups is 1. The monoisotopic (exact) mass is 541 g/mol. The number of carbonyl (C=O) groups excluding carboxylic acids is 4. The van der Waals surface area contributed by atoms with Gasteiger partial charge in [0.25, 0.3) is 17.7 Å². The summed E-state index contributed by atoms with van der Waals surface area (Å²) in [7, 11) is 0. The summed E-state index contributed by atoms with van der Waals surface area (Å²) in [5, 5.41) is 5.12. The fourth-order valence-corrected chi connectivity index (χ4v) is 3.88. The van der Waals surface area contributed by atoms with Gasteiger partial charge in [0.15, 0.2) is 6.61 Å². The number of hydrogen-bond donors (Lipinski definition) is 2. The van der Waals surface area contributed by atoms with E-state index in [2.05, 4.69) is 10.6 Å². The Morgan fingerprint density at radius 1 is 1.08 bits per heavy atom. The maximum atomic E-state index is 13.8. The Hall–Kier alpha value is -4.21. The van der Waals surface area contributed by atoms with Gasteiger partial charge >= 0.3 is 6.03 Å². The molecule has 1 fully saturated rings. The molecule has 0 aromatic heterocycles. The second-order valence-electron chi connectivity index (χ2n) is 7.84. The van der Waals surface area contributed by atoms with Gasteiger partial charge in [-0.1, -0.05) is 41.4 Å². The maximum Gasteiger partial charge on any atom is 0.335 e. The molecule has 1 aliphatic heterocycles. The van der Waals surface area contributed by atoms with Crippen LogP contribution in [0.3, 0.4) is 0 Å². The zero-order valence-corrected chi connectivity index (χ0v) is 20.7. The topological polar surface area (TPSA) is 105 Å². The number of nitrogens with one attached hydrogen (secondary N) is 2. The molecule has 1 aliphatic rings. The molecule has 0 bridgehead atoms. The summed E-state index contributed by atoms with van der Waals surface area (Å²) >= 11 is 12.3. The minimum Gasteiger partial charge on any atom is -0.483 e. The van der Waals surface area contributed by atoms with Crippen molar-refractivity contribution in [3.63, 3.8) is 0 Å². The van der Waals surface area contributed by atoms with Gasteiger partial charge in [0.2, 0.25) is 0 Å². The lowest BCUT2D eigenvalue weighted by Crippen LogP contribution is -2.54. The molecule has 0 atom stereocenters. The lowest BCUT2D eigenvalue weighted by atomic mass is 10.0. The minimum atomic E-state index is -0.926. The van der Waals surface area contributed by atoms with E-state index in [1.54, 1.807) is 25.1 Å². The van der Waals surface area contributed by atoms with Gasteiger partial charge in [-0.05, 0) is 61.0 Å². The molecule has 188 valence electrons. The molecular formula is C26H18Cl2FN3O5. The summed E-state index contributed by atoms with van der Waals surface area (Å²) in [4.78, 5) is 51.5. The van der Waals surface area contributed by atoms with E-state index in [4.69, 9.17) is 27.9 Å². The molecule has 3 aromatic carbocycles. The largest absolute Gasteiger partial charge is 0.483 e. The van der Waals surface area contributed by atoms with E-state index in [-0.39, 0.29) is 33.3 Å². The molecule has 37 heavy (non-hydrogen) atoms. The first-order chi connectivity index (χ1) is 17.7. The van der Waals surface area contributed by atoms with Crippen molar-refractivity contribution >= 4 is 64.4 Å². The molecule has 0 spiro atoms. The van der Waals surface area contributed by atoms with Crippen LogP contribution in [0, 0.1) is 12.7 Å². The highest BCUT2D eigenvalue weighted by atomic mass is 35.5. The predicted molar refractivity (Wildman–Crippen MR) is 137 cm³/mol. The van der Waals surface area contributed by atoms with Crippen molar-refractivity contribution in [2.75, 3.05) is 16.8 Å². The lowest BCUT2D eigenvalue weighted by molar-refractivity contribution is -0.122. The van der Waals surface area contributed by atoms with Crippen LogP contribution in [0.25, 0.3) is 6.08 Å². The number of amides is 5. The molecule has 0 unspecified atom stereocenters. The highest BCUT2D eigenvalue weighted by molar-refractivity contribution is 6.40. The number of imide groups is 2. The first-order valence-corrected chi connectivity index (χ1v) is 11.5. The second kappa shape index (κ2) is 10.8. The number of benzene rings is 3. The average molecular weight is 542 g/mol. The van der Waals surface area contributed by atoms with E-state index in [0.717, 1.165) is 4.90 Å². The highest BCUT2D eigenvalue weighted by Crippen LogP contribution is 2.31. The number of rotatable bonds is 6. The molecule has 5 amide bonds. The molecule has 1 saturated heterocycles. The van der Waals surface area contributed by atoms with E-state index < -0.39 is 36.2 Å². The van der Waals surface area contributed by atoms with Gasteiger partial charge in [-0.25, -0.2) is 14.1 Å². The van der Waals surface area contributed by atoms with Crippen LogP contribution in [-0.4, -0.2) is 30.4 Å². The fraction of sp³-hybridized carbons (Fsp3) is 0.0769. The number of urea groups is 1. The molecule has 2 N–H and O–H groups in total. The van der Waals surface area contributed by atoms with Crippen LogP contribution in [0.4, 0.5) is 20.6 Å². The highest BCUT2D eigenvalue weighted by Gasteiger charge is 2.37. The second-order valence-corrected chi connectivity index (χ2v) is 8.68. The number of ether oxygens (including phenoxy) is 1. The zero-order chi connectivity index (χ0) is 26.7. The van der Waals surface area contributed by atoms with Crippen molar-refractivity contribution < 1.29 is 28.3 Å². The predicted octanol–water partition coefficient (Wildman–Crippen LogP) is 5.12. The average Bonchev–Trinajstić information content (AvgIpc) is 2.85. The van der Waals surface area contributed by atoms with E-state index in [0.29, 0.717) is 10.6 Å². The van der Waals surface area contributed by atoms with Crippen LogP contribution in [0.1, 0.15) is 11.1 Å². The number of carbonyl (C=O) groups is 4. The van der Waals surface area contributed by atoms with Crippen molar-refractivity contribution in [2.24, 2.45) is 0 Å². The summed E-state index contributed by atoms with van der Waals surface area (Å²) in [6, 6.07) is 13.8. The van der Waals surface area contributed by atoms with Gasteiger partial charge in [-0.3, -0.25) is 19.7 Å². The van der Waals surface area contributed by atoms with Crippen LogP contribution in [-0.2, 0) is 14.4 Å². The standard InChI is InChI=1S/C26H18Cl2FN3O5/c1-14-18(28)5-4-8-21(14)32-25(35)17(24(34)31-26(32)36)12-15-11-16(27)9-10-22(15)37-13-23(33)30-20-7-3-2-6-19(20)29/h2-12H,13H2,1H3,(H,30,33)(H,31,34,36)/b17-12-. The minimum absolute atomic E-state index is 0.0138. The van der Waals surface area contributed by atoms with E-state index >= 15 is 0 Å². The zero-order valence-electron chi connectivity index (χ0n) is 19.2. The molecule has 11 heteroatoms. The van der Waals surface area contributed by atoms with Gasteiger partial charge in [-0.2, -0.15) is 0 Å². The number of anilines is 2.